The monoisotopic (exact) mass is 561 g/mol. The number of carbonyl (C=O) groups is 2. The summed E-state index contributed by atoms with van der Waals surface area (Å²) in [7, 11) is 0. The summed E-state index contributed by atoms with van der Waals surface area (Å²) in [6.07, 6.45) is 5.52. The topological polar surface area (TPSA) is 75.6 Å². The number of hydrogen-bond acceptors (Lipinski definition) is 3. The first-order chi connectivity index (χ1) is 17.8. The number of ether oxygens (including phenoxy) is 1. The minimum atomic E-state index is -1.14. The lowest BCUT2D eigenvalue weighted by molar-refractivity contribution is -0.139. The van der Waals surface area contributed by atoms with Crippen molar-refractivity contribution in [1.29, 1.82) is 0 Å². The zero-order valence-electron chi connectivity index (χ0n) is 20.6. The molecule has 0 radical (unpaired) electrons. The fraction of sp³-hybridized carbons (Fsp3) is 0.310. The van der Waals surface area contributed by atoms with E-state index < -0.39 is 17.9 Å². The molecule has 37 heavy (non-hydrogen) atoms. The molecule has 1 atom stereocenters. The molecule has 0 bridgehead atoms. The Bertz CT molecular complexity index is 1210. The standard InChI is InChI=1S/C29H30Cl3NO4/c1-2-3-4-5-6-15-37-27-14-12-22(30)18-23(27)28(34)33-26(29(35)36)16-19-7-9-20(10-8-19)21-11-13-24(31)25(32)17-21/h7-14,17-18,26H,2-6,15-16H2,1H3,(H,33,34)(H,35,36). The average Bonchev–Trinajstić information content (AvgIpc) is 2.88. The van der Waals surface area contributed by atoms with E-state index in [4.69, 9.17) is 39.5 Å². The Morgan fingerprint density at radius 2 is 1.57 bits per heavy atom. The van der Waals surface area contributed by atoms with Gasteiger partial charge in [0.25, 0.3) is 5.91 Å². The maximum Gasteiger partial charge on any atom is 0.326 e. The third kappa shape index (κ3) is 8.67. The van der Waals surface area contributed by atoms with Gasteiger partial charge in [0.2, 0.25) is 0 Å². The zero-order valence-corrected chi connectivity index (χ0v) is 22.9. The number of rotatable bonds is 13. The predicted octanol–water partition coefficient (Wildman–Crippen LogP) is 8.09. The summed E-state index contributed by atoms with van der Waals surface area (Å²) in [6, 6.07) is 16.4. The molecule has 0 aliphatic heterocycles. The van der Waals surface area contributed by atoms with Gasteiger partial charge < -0.3 is 15.2 Å². The van der Waals surface area contributed by atoms with Crippen molar-refractivity contribution in [2.75, 3.05) is 6.61 Å². The van der Waals surface area contributed by atoms with Crippen molar-refractivity contribution in [1.82, 2.24) is 5.32 Å². The van der Waals surface area contributed by atoms with Gasteiger partial charge in [0.1, 0.15) is 11.8 Å². The highest BCUT2D eigenvalue weighted by Crippen LogP contribution is 2.29. The van der Waals surface area contributed by atoms with Gasteiger partial charge in [-0.1, -0.05) is 97.7 Å². The van der Waals surface area contributed by atoms with Crippen molar-refractivity contribution in [2.45, 2.75) is 51.5 Å². The quantitative estimate of drug-likeness (QED) is 0.206. The molecular formula is C29H30Cl3NO4. The highest BCUT2D eigenvalue weighted by atomic mass is 35.5. The molecule has 0 aromatic heterocycles. The number of nitrogens with one attached hydrogen (secondary N) is 1. The van der Waals surface area contributed by atoms with Crippen LogP contribution in [0.3, 0.4) is 0 Å². The molecule has 1 amide bonds. The van der Waals surface area contributed by atoms with Crippen molar-refractivity contribution in [2.24, 2.45) is 0 Å². The molecule has 0 aliphatic rings. The number of amides is 1. The maximum absolute atomic E-state index is 13.1. The fourth-order valence-corrected chi connectivity index (χ4v) is 4.34. The molecule has 0 spiro atoms. The van der Waals surface area contributed by atoms with E-state index in [2.05, 4.69) is 12.2 Å². The molecule has 3 aromatic carbocycles. The number of unbranched alkanes of at least 4 members (excludes halogenated alkanes) is 4. The van der Waals surface area contributed by atoms with Gasteiger partial charge in [-0.25, -0.2) is 4.79 Å². The molecule has 1 unspecified atom stereocenters. The van der Waals surface area contributed by atoms with Crippen LogP contribution in [-0.2, 0) is 11.2 Å². The smallest absolute Gasteiger partial charge is 0.326 e. The minimum absolute atomic E-state index is 0.108. The summed E-state index contributed by atoms with van der Waals surface area (Å²) in [5, 5.41) is 13.7. The number of halogens is 3. The molecule has 0 heterocycles. The fourth-order valence-electron chi connectivity index (χ4n) is 3.87. The lowest BCUT2D eigenvalue weighted by Gasteiger charge is -2.17. The largest absolute Gasteiger partial charge is 0.493 e. The average molecular weight is 563 g/mol. The molecular weight excluding hydrogens is 533 g/mol. The van der Waals surface area contributed by atoms with Crippen LogP contribution in [0.15, 0.2) is 60.7 Å². The Kier molecular flexibility index (Phi) is 11.1. The molecule has 2 N–H and O–H groups in total. The van der Waals surface area contributed by atoms with Gasteiger partial charge in [-0.2, -0.15) is 0 Å². The summed E-state index contributed by atoms with van der Waals surface area (Å²) < 4.78 is 5.84. The number of aliphatic carboxylic acids is 1. The van der Waals surface area contributed by atoms with E-state index >= 15 is 0 Å². The lowest BCUT2D eigenvalue weighted by Crippen LogP contribution is -2.42. The lowest BCUT2D eigenvalue weighted by atomic mass is 10.0. The second-order valence-corrected chi connectivity index (χ2v) is 10.0. The molecule has 196 valence electrons. The van der Waals surface area contributed by atoms with E-state index in [1.165, 1.54) is 12.5 Å². The van der Waals surface area contributed by atoms with E-state index in [9.17, 15) is 14.7 Å². The third-order valence-electron chi connectivity index (χ3n) is 5.94. The van der Waals surface area contributed by atoms with Crippen molar-refractivity contribution < 1.29 is 19.4 Å². The van der Waals surface area contributed by atoms with Gasteiger partial charge in [0.05, 0.1) is 22.2 Å². The van der Waals surface area contributed by atoms with Crippen LogP contribution in [0.5, 0.6) is 5.75 Å². The van der Waals surface area contributed by atoms with Crippen molar-refractivity contribution in [3.8, 4) is 16.9 Å². The molecule has 3 rings (SSSR count). The van der Waals surface area contributed by atoms with E-state index in [-0.39, 0.29) is 12.0 Å². The van der Waals surface area contributed by atoms with Gasteiger partial charge >= 0.3 is 5.97 Å². The Morgan fingerprint density at radius 1 is 0.865 bits per heavy atom. The van der Waals surface area contributed by atoms with Gasteiger partial charge in [-0.05, 0) is 53.4 Å². The van der Waals surface area contributed by atoms with Crippen LogP contribution in [0.25, 0.3) is 11.1 Å². The van der Waals surface area contributed by atoms with Crippen LogP contribution < -0.4 is 10.1 Å². The summed E-state index contributed by atoms with van der Waals surface area (Å²) in [5.41, 5.74) is 2.77. The van der Waals surface area contributed by atoms with Crippen LogP contribution in [0, 0.1) is 0 Å². The molecule has 3 aromatic rings. The van der Waals surface area contributed by atoms with Gasteiger partial charge in [0, 0.05) is 11.4 Å². The first-order valence-corrected chi connectivity index (χ1v) is 13.4. The highest BCUT2D eigenvalue weighted by molar-refractivity contribution is 6.42. The van der Waals surface area contributed by atoms with Crippen LogP contribution in [0.2, 0.25) is 15.1 Å². The molecule has 0 saturated carbocycles. The van der Waals surface area contributed by atoms with Gasteiger partial charge in [-0.15, -0.1) is 0 Å². The number of carbonyl (C=O) groups excluding carboxylic acids is 1. The third-order valence-corrected chi connectivity index (χ3v) is 6.92. The van der Waals surface area contributed by atoms with Gasteiger partial charge in [-0.3, -0.25) is 4.79 Å². The summed E-state index contributed by atoms with van der Waals surface area (Å²) in [5.74, 6) is -1.31. The summed E-state index contributed by atoms with van der Waals surface area (Å²) in [4.78, 5) is 25.0. The van der Waals surface area contributed by atoms with Crippen LogP contribution in [0.1, 0.15) is 54.9 Å². The second-order valence-electron chi connectivity index (χ2n) is 8.80. The van der Waals surface area contributed by atoms with Gasteiger partial charge in [0.15, 0.2) is 0 Å². The van der Waals surface area contributed by atoms with Crippen molar-refractivity contribution >= 4 is 46.7 Å². The highest BCUT2D eigenvalue weighted by Gasteiger charge is 2.23. The zero-order chi connectivity index (χ0) is 26.8. The number of benzene rings is 3. The normalized spacial score (nSPS) is 11.7. The molecule has 0 aliphatic carbocycles. The Balaban J connectivity index is 1.67. The first-order valence-electron chi connectivity index (χ1n) is 12.3. The van der Waals surface area contributed by atoms with Crippen LogP contribution in [-0.4, -0.2) is 29.6 Å². The minimum Gasteiger partial charge on any atom is -0.493 e. The van der Waals surface area contributed by atoms with Crippen LogP contribution >= 0.6 is 34.8 Å². The second kappa shape index (κ2) is 14.3. The summed E-state index contributed by atoms with van der Waals surface area (Å²) in [6.45, 7) is 2.63. The molecule has 0 saturated heterocycles. The summed E-state index contributed by atoms with van der Waals surface area (Å²) >= 11 is 18.2. The number of hydrogen-bond donors (Lipinski definition) is 2. The van der Waals surface area contributed by atoms with Crippen molar-refractivity contribution in [3.05, 3.63) is 86.9 Å². The Labute approximate surface area is 232 Å². The number of carboxylic acids is 1. The first kappa shape index (κ1) is 28.8. The Morgan fingerprint density at radius 3 is 2.24 bits per heavy atom. The Hall–Kier alpha value is -2.73. The van der Waals surface area contributed by atoms with E-state index in [0.717, 1.165) is 42.4 Å². The van der Waals surface area contributed by atoms with E-state index in [1.807, 2.05) is 30.3 Å². The van der Waals surface area contributed by atoms with Crippen LogP contribution in [0.4, 0.5) is 0 Å². The molecule has 0 fully saturated rings. The van der Waals surface area contributed by atoms with E-state index in [1.54, 1.807) is 24.3 Å². The number of carboxylic acid groups (broad SMARTS) is 1. The van der Waals surface area contributed by atoms with E-state index in [0.29, 0.717) is 27.4 Å². The molecule has 8 heteroatoms. The SMILES string of the molecule is CCCCCCCOc1ccc(Cl)cc1C(=O)NC(Cc1ccc(-c2ccc(Cl)c(Cl)c2)cc1)C(=O)O. The van der Waals surface area contributed by atoms with Crippen molar-refractivity contribution in [3.63, 3.8) is 0 Å². The maximum atomic E-state index is 13.1. The molecule has 5 nitrogen and oxygen atoms in total. The predicted molar refractivity (Wildman–Crippen MR) is 150 cm³/mol.